The van der Waals surface area contributed by atoms with Crippen molar-refractivity contribution in [1.82, 2.24) is 0 Å². The van der Waals surface area contributed by atoms with E-state index in [0.29, 0.717) is 5.56 Å². The molecule has 0 fully saturated rings. The molecule has 5 nitrogen and oxygen atoms in total. The molecule has 0 spiro atoms. The van der Waals surface area contributed by atoms with Crippen molar-refractivity contribution in [3.63, 3.8) is 0 Å². The second-order valence-electron chi connectivity index (χ2n) is 2.80. The Balaban J connectivity index is 3.06. The van der Waals surface area contributed by atoms with Crippen LogP contribution in [0.5, 0.6) is 5.75 Å². The maximum atomic E-state index is 10.6. The van der Waals surface area contributed by atoms with Crippen LogP contribution < -0.4 is 4.74 Å². The van der Waals surface area contributed by atoms with Gasteiger partial charge >= 0.3 is 5.97 Å². The van der Waals surface area contributed by atoms with E-state index in [1.54, 1.807) is 6.92 Å². The third-order valence-electron chi connectivity index (χ3n) is 1.64. The molecular weight excluding hydrogens is 186 g/mol. The van der Waals surface area contributed by atoms with E-state index in [4.69, 9.17) is 4.74 Å². The van der Waals surface area contributed by atoms with Gasteiger partial charge in [-0.15, -0.1) is 0 Å². The van der Waals surface area contributed by atoms with E-state index in [2.05, 4.69) is 0 Å². The molecule has 0 aliphatic rings. The Morgan fingerprint density at radius 3 is 2.64 bits per heavy atom. The monoisotopic (exact) mass is 195 g/mol. The van der Waals surface area contributed by atoms with Gasteiger partial charge in [0.25, 0.3) is 5.69 Å². The van der Waals surface area contributed by atoms with Crippen LogP contribution in [0.3, 0.4) is 0 Å². The molecule has 14 heavy (non-hydrogen) atoms. The maximum absolute atomic E-state index is 10.6. The molecule has 0 aromatic heterocycles. The number of hydrogen-bond donors (Lipinski definition) is 0. The highest BCUT2D eigenvalue weighted by Gasteiger charge is 2.12. The number of aryl methyl sites for hydroxylation is 1. The SMILES string of the molecule is CC(=O)Oc1ccc(C)c([N+](=O)[O-])c1. The minimum absolute atomic E-state index is 0.0521. The van der Waals surface area contributed by atoms with Crippen LogP contribution in [0.2, 0.25) is 0 Å². The van der Waals surface area contributed by atoms with E-state index in [1.165, 1.54) is 25.1 Å². The number of ether oxygens (including phenoxy) is 1. The summed E-state index contributed by atoms with van der Waals surface area (Å²) in [5.41, 5.74) is 0.481. The largest absolute Gasteiger partial charge is 0.426 e. The van der Waals surface area contributed by atoms with Gasteiger partial charge in [-0.25, -0.2) is 0 Å². The number of nitro benzene ring substituents is 1. The van der Waals surface area contributed by atoms with Crippen LogP contribution in [0.25, 0.3) is 0 Å². The molecule has 0 unspecified atom stereocenters. The summed E-state index contributed by atoms with van der Waals surface area (Å²) in [7, 11) is 0. The van der Waals surface area contributed by atoms with Gasteiger partial charge in [0, 0.05) is 12.5 Å². The molecular formula is C9H9NO4. The minimum atomic E-state index is -0.512. The van der Waals surface area contributed by atoms with Crippen molar-refractivity contribution < 1.29 is 14.5 Å². The number of carbonyl (C=O) groups is 1. The van der Waals surface area contributed by atoms with Crippen molar-refractivity contribution in [2.75, 3.05) is 0 Å². The normalized spacial score (nSPS) is 9.57. The average Bonchev–Trinajstić information content (AvgIpc) is 2.07. The van der Waals surface area contributed by atoms with Crippen molar-refractivity contribution in [2.45, 2.75) is 13.8 Å². The molecule has 0 aliphatic carbocycles. The predicted octanol–water partition coefficient (Wildman–Crippen LogP) is 1.83. The van der Waals surface area contributed by atoms with Crippen molar-refractivity contribution in [3.05, 3.63) is 33.9 Å². The highest BCUT2D eigenvalue weighted by Crippen LogP contribution is 2.23. The zero-order valence-corrected chi connectivity index (χ0v) is 7.81. The quantitative estimate of drug-likeness (QED) is 0.312. The third-order valence-corrected chi connectivity index (χ3v) is 1.64. The number of nitro groups is 1. The van der Waals surface area contributed by atoms with E-state index in [9.17, 15) is 14.9 Å². The molecule has 0 heterocycles. The van der Waals surface area contributed by atoms with Crippen LogP contribution in [-0.2, 0) is 4.79 Å². The number of benzene rings is 1. The highest BCUT2D eigenvalue weighted by atomic mass is 16.6. The van der Waals surface area contributed by atoms with Crippen molar-refractivity contribution >= 4 is 11.7 Å². The van der Waals surface area contributed by atoms with Gasteiger partial charge in [-0.3, -0.25) is 14.9 Å². The zero-order chi connectivity index (χ0) is 10.7. The third kappa shape index (κ3) is 2.29. The van der Waals surface area contributed by atoms with Gasteiger partial charge in [0.2, 0.25) is 0 Å². The Morgan fingerprint density at radius 2 is 2.14 bits per heavy atom. The van der Waals surface area contributed by atoms with E-state index >= 15 is 0 Å². The summed E-state index contributed by atoms with van der Waals surface area (Å²) in [5.74, 6) is -0.307. The number of hydrogen-bond acceptors (Lipinski definition) is 4. The van der Waals surface area contributed by atoms with Gasteiger partial charge in [0.1, 0.15) is 5.75 Å². The second-order valence-corrected chi connectivity index (χ2v) is 2.80. The summed E-state index contributed by atoms with van der Waals surface area (Å²) >= 11 is 0. The second kappa shape index (κ2) is 3.87. The molecule has 0 atom stereocenters. The van der Waals surface area contributed by atoms with Crippen molar-refractivity contribution in [3.8, 4) is 5.75 Å². The predicted molar refractivity (Wildman–Crippen MR) is 49.1 cm³/mol. The Kier molecular flexibility index (Phi) is 2.81. The molecule has 0 bridgehead atoms. The Bertz CT molecular complexity index is 386. The summed E-state index contributed by atoms with van der Waals surface area (Å²) in [6.07, 6.45) is 0. The van der Waals surface area contributed by atoms with Crippen LogP contribution in [0, 0.1) is 17.0 Å². The number of rotatable bonds is 2. The van der Waals surface area contributed by atoms with Crippen molar-refractivity contribution in [1.29, 1.82) is 0 Å². The first-order chi connectivity index (χ1) is 6.50. The average molecular weight is 195 g/mol. The topological polar surface area (TPSA) is 69.4 Å². The Hall–Kier alpha value is -1.91. The standard InChI is InChI=1S/C9H9NO4/c1-6-3-4-8(14-7(2)11)5-9(6)10(12)13/h3-5H,1-2H3. The summed E-state index contributed by atoms with van der Waals surface area (Å²) in [6.45, 7) is 2.86. The van der Waals surface area contributed by atoms with Gasteiger partial charge in [-0.1, -0.05) is 0 Å². The molecule has 1 aromatic carbocycles. The molecule has 0 saturated carbocycles. The maximum Gasteiger partial charge on any atom is 0.308 e. The lowest BCUT2D eigenvalue weighted by Gasteiger charge is -2.01. The lowest BCUT2D eigenvalue weighted by Crippen LogP contribution is -2.02. The van der Waals surface area contributed by atoms with Crippen LogP contribution in [0.4, 0.5) is 5.69 Å². The first kappa shape index (κ1) is 10.2. The zero-order valence-electron chi connectivity index (χ0n) is 7.81. The molecule has 0 saturated heterocycles. The van der Waals surface area contributed by atoms with Gasteiger partial charge < -0.3 is 4.74 Å². The number of nitrogens with zero attached hydrogens (tertiary/aromatic N) is 1. The van der Waals surface area contributed by atoms with E-state index in [0.717, 1.165) is 0 Å². The molecule has 74 valence electrons. The molecule has 5 heteroatoms. The molecule has 0 aliphatic heterocycles. The van der Waals surface area contributed by atoms with Gasteiger partial charge in [-0.2, -0.15) is 0 Å². The smallest absolute Gasteiger partial charge is 0.308 e. The van der Waals surface area contributed by atoms with E-state index in [1.807, 2.05) is 0 Å². The molecule has 0 radical (unpaired) electrons. The fraction of sp³-hybridized carbons (Fsp3) is 0.222. The summed E-state index contributed by atoms with van der Waals surface area (Å²) in [6, 6.07) is 4.29. The summed E-state index contributed by atoms with van der Waals surface area (Å²) in [5, 5.41) is 10.5. The van der Waals surface area contributed by atoms with Crippen LogP contribution in [0.1, 0.15) is 12.5 Å². The lowest BCUT2D eigenvalue weighted by molar-refractivity contribution is -0.385. The van der Waals surface area contributed by atoms with Crippen LogP contribution in [-0.4, -0.2) is 10.9 Å². The van der Waals surface area contributed by atoms with Crippen LogP contribution >= 0.6 is 0 Å². The fourth-order valence-corrected chi connectivity index (χ4v) is 1.02. The molecule has 1 rings (SSSR count). The van der Waals surface area contributed by atoms with Gasteiger partial charge in [0.15, 0.2) is 0 Å². The van der Waals surface area contributed by atoms with Gasteiger partial charge in [0.05, 0.1) is 11.0 Å². The molecule has 0 amide bonds. The summed E-state index contributed by atoms with van der Waals surface area (Å²) < 4.78 is 4.72. The van der Waals surface area contributed by atoms with Crippen molar-refractivity contribution in [2.24, 2.45) is 0 Å². The minimum Gasteiger partial charge on any atom is -0.426 e. The summed E-state index contributed by atoms with van der Waals surface area (Å²) in [4.78, 5) is 20.6. The Labute approximate surface area is 80.5 Å². The first-order valence-corrected chi connectivity index (χ1v) is 3.94. The lowest BCUT2D eigenvalue weighted by atomic mass is 10.2. The van der Waals surface area contributed by atoms with Gasteiger partial charge in [-0.05, 0) is 19.1 Å². The Morgan fingerprint density at radius 1 is 1.50 bits per heavy atom. The van der Waals surface area contributed by atoms with Crippen LogP contribution in [0.15, 0.2) is 18.2 Å². The number of esters is 1. The van der Waals surface area contributed by atoms with E-state index < -0.39 is 10.9 Å². The van der Waals surface area contributed by atoms with E-state index in [-0.39, 0.29) is 11.4 Å². The first-order valence-electron chi connectivity index (χ1n) is 3.94. The molecule has 0 N–H and O–H groups in total. The fourth-order valence-electron chi connectivity index (χ4n) is 1.02. The molecule has 1 aromatic rings. The number of carbonyl (C=O) groups excluding carboxylic acids is 1. The highest BCUT2D eigenvalue weighted by molar-refractivity contribution is 5.69.